The SMILES string of the molecule is COc1cc(CN)ccc1OCc1cnn(C)c1. The molecular weight excluding hydrogens is 230 g/mol. The topological polar surface area (TPSA) is 62.3 Å². The fraction of sp³-hybridized carbons (Fsp3) is 0.308. The lowest BCUT2D eigenvalue weighted by atomic mass is 10.2. The van der Waals surface area contributed by atoms with E-state index in [1.807, 2.05) is 31.4 Å². The van der Waals surface area contributed by atoms with Gasteiger partial charge in [0.25, 0.3) is 0 Å². The largest absolute Gasteiger partial charge is 0.493 e. The van der Waals surface area contributed by atoms with E-state index in [1.165, 1.54) is 0 Å². The first-order valence-corrected chi connectivity index (χ1v) is 5.70. The van der Waals surface area contributed by atoms with Crippen LogP contribution in [0, 0.1) is 0 Å². The number of rotatable bonds is 5. The van der Waals surface area contributed by atoms with Gasteiger partial charge in [-0.3, -0.25) is 4.68 Å². The van der Waals surface area contributed by atoms with Crippen LogP contribution < -0.4 is 15.2 Å². The summed E-state index contributed by atoms with van der Waals surface area (Å²) in [4.78, 5) is 0. The number of benzene rings is 1. The molecule has 0 amide bonds. The third-order valence-corrected chi connectivity index (χ3v) is 2.62. The second kappa shape index (κ2) is 5.55. The van der Waals surface area contributed by atoms with E-state index >= 15 is 0 Å². The van der Waals surface area contributed by atoms with E-state index in [1.54, 1.807) is 18.0 Å². The molecule has 0 unspecified atom stereocenters. The molecule has 2 N–H and O–H groups in total. The molecule has 1 heterocycles. The van der Waals surface area contributed by atoms with Gasteiger partial charge >= 0.3 is 0 Å². The molecule has 2 rings (SSSR count). The van der Waals surface area contributed by atoms with E-state index in [0.717, 1.165) is 11.1 Å². The fourth-order valence-electron chi connectivity index (χ4n) is 1.67. The smallest absolute Gasteiger partial charge is 0.161 e. The molecule has 5 nitrogen and oxygen atoms in total. The van der Waals surface area contributed by atoms with Crippen molar-refractivity contribution in [1.29, 1.82) is 0 Å². The summed E-state index contributed by atoms with van der Waals surface area (Å²) in [5.74, 6) is 1.40. The molecule has 1 aromatic heterocycles. The molecular formula is C13H17N3O2. The van der Waals surface area contributed by atoms with Gasteiger partial charge in [-0.15, -0.1) is 0 Å². The van der Waals surface area contributed by atoms with Crippen LogP contribution in [0.5, 0.6) is 11.5 Å². The highest BCUT2D eigenvalue weighted by molar-refractivity contribution is 5.43. The van der Waals surface area contributed by atoms with Gasteiger partial charge in [-0.05, 0) is 17.7 Å². The Bertz CT molecular complexity index is 523. The normalized spacial score (nSPS) is 10.4. The summed E-state index contributed by atoms with van der Waals surface area (Å²) in [7, 11) is 3.49. The standard InChI is InChI=1S/C13H17N3O2/c1-16-8-11(7-15-16)9-18-12-4-3-10(6-14)5-13(12)17-2/h3-5,7-8H,6,9,14H2,1-2H3. The van der Waals surface area contributed by atoms with Gasteiger partial charge in [-0.25, -0.2) is 0 Å². The van der Waals surface area contributed by atoms with E-state index < -0.39 is 0 Å². The first-order valence-electron chi connectivity index (χ1n) is 5.70. The molecule has 0 saturated heterocycles. The van der Waals surface area contributed by atoms with Crippen LogP contribution in [-0.4, -0.2) is 16.9 Å². The van der Waals surface area contributed by atoms with Crippen molar-refractivity contribution in [2.45, 2.75) is 13.2 Å². The van der Waals surface area contributed by atoms with Crippen LogP contribution in [0.2, 0.25) is 0 Å². The second-order valence-corrected chi connectivity index (χ2v) is 4.00. The molecule has 0 saturated carbocycles. The molecule has 5 heteroatoms. The molecule has 18 heavy (non-hydrogen) atoms. The highest BCUT2D eigenvalue weighted by Crippen LogP contribution is 2.28. The number of aryl methyl sites for hydroxylation is 1. The zero-order valence-corrected chi connectivity index (χ0v) is 10.6. The van der Waals surface area contributed by atoms with Gasteiger partial charge in [0.1, 0.15) is 6.61 Å². The Morgan fingerprint density at radius 3 is 2.72 bits per heavy atom. The molecule has 0 radical (unpaired) electrons. The van der Waals surface area contributed by atoms with E-state index in [4.69, 9.17) is 15.2 Å². The van der Waals surface area contributed by atoms with Gasteiger partial charge in [0, 0.05) is 25.4 Å². The molecule has 0 bridgehead atoms. The third-order valence-electron chi connectivity index (χ3n) is 2.62. The van der Waals surface area contributed by atoms with Crippen molar-refractivity contribution in [3.63, 3.8) is 0 Å². The van der Waals surface area contributed by atoms with E-state index in [2.05, 4.69) is 5.10 Å². The average Bonchev–Trinajstić information content (AvgIpc) is 2.82. The highest BCUT2D eigenvalue weighted by Gasteiger charge is 2.06. The quantitative estimate of drug-likeness (QED) is 0.869. The maximum atomic E-state index is 5.71. The molecule has 0 atom stereocenters. The number of nitrogens with zero attached hydrogens (tertiary/aromatic N) is 2. The lowest BCUT2D eigenvalue weighted by Crippen LogP contribution is -2.00. The maximum Gasteiger partial charge on any atom is 0.161 e. The highest BCUT2D eigenvalue weighted by atomic mass is 16.5. The summed E-state index contributed by atoms with van der Waals surface area (Å²) in [6.07, 6.45) is 3.70. The van der Waals surface area contributed by atoms with Gasteiger partial charge < -0.3 is 15.2 Å². The van der Waals surface area contributed by atoms with Crippen molar-refractivity contribution in [2.24, 2.45) is 12.8 Å². The molecule has 2 aromatic rings. The number of ether oxygens (including phenoxy) is 2. The van der Waals surface area contributed by atoms with Crippen molar-refractivity contribution in [1.82, 2.24) is 9.78 Å². The van der Waals surface area contributed by atoms with Gasteiger partial charge in [0.05, 0.1) is 13.3 Å². The Balaban J connectivity index is 2.08. The Labute approximate surface area is 106 Å². The summed E-state index contributed by atoms with van der Waals surface area (Å²) in [6, 6.07) is 5.69. The summed E-state index contributed by atoms with van der Waals surface area (Å²) in [5, 5.41) is 4.09. The van der Waals surface area contributed by atoms with Crippen molar-refractivity contribution < 1.29 is 9.47 Å². The van der Waals surface area contributed by atoms with Crippen LogP contribution in [0.15, 0.2) is 30.6 Å². The first kappa shape index (κ1) is 12.4. The monoisotopic (exact) mass is 247 g/mol. The molecule has 0 aliphatic carbocycles. The van der Waals surface area contributed by atoms with Gasteiger partial charge in [0.2, 0.25) is 0 Å². The lowest BCUT2D eigenvalue weighted by molar-refractivity contribution is 0.284. The first-order chi connectivity index (χ1) is 8.72. The van der Waals surface area contributed by atoms with Crippen molar-refractivity contribution in [3.8, 4) is 11.5 Å². The van der Waals surface area contributed by atoms with Crippen LogP contribution >= 0.6 is 0 Å². The van der Waals surface area contributed by atoms with E-state index in [9.17, 15) is 0 Å². The van der Waals surface area contributed by atoms with Crippen LogP contribution in [-0.2, 0) is 20.2 Å². The number of hydrogen-bond acceptors (Lipinski definition) is 4. The molecule has 0 fully saturated rings. The minimum Gasteiger partial charge on any atom is -0.493 e. The van der Waals surface area contributed by atoms with Crippen molar-refractivity contribution in [3.05, 3.63) is 41.7 Å². The number of hydrogen-bond donors (Lipinski definition) is 1. The van der Waals surface area contributed by atoms with Crippen LogP contribution in [0.3, 0.4) is 0 Å². The van der Waals surface area contributed by atoms with Crippen molar-refractivity contribution in [2.75, 3.05) is 7.11 Å². The van der Waals surface area contributed by atoms with E-state index in [-0.39, 0.29) is 0 Å². The summed E-state index contributed by atoms with van der Waals surface area (Å²) in [5.41, 5.74) is 7.61. The van der Waals surface area contributed by atoms with Crippen LogP contribution in [0.25, 0.3) is 0 Å². The van der Waals surface area contributed by atoms with Gasteiger partial charge in [-0.1, -0.05) is 6.07 Å². The number of methoxy groups -OCH3 is 1. The predicted molar refractivity (Wildman–Crippen MR) is 68.4 cm³/mol. The second-order valence-electron chi connectivity index (χ2n) is 4.00. The van der Waals surface area contributed by atoms with Gasteiger partial charge in [0.15, 0.2) is 11.5 Å². The fourth-order valence-corrected chi connectivity index (χ4v) is 1.67. The minimum atomic E-state index is 0.464. The Morgan fingerprint density at radius 1 is 1.28 bits per heavy atom. The minimum absolute atomic E-state index is 0.464. The number of aromatic nitrogens is 2. The lowest BCUT2D eigenvalue weighted by Gasteiger charge is -2.11. The Hall–Kier alpha value is -2.01. The Morgan fingerprint density at radius 2 is 2.11 bits per heavy atom. The maximum absolute atomic E-state index is 5.71. The zero-order valence-electron chi connectivity index (χ0n) is 10.6. The molecule has 1 aromatic carbocycles. The summed E-state index contributed by atoms with van der Waals surface area (Å²) >= 11 is 0. The molecule has 0 spiro atoms. The van der Waals surface area contributed by atoms with Gasteiger partial charge in [-0.2, -0.15) is 5.10 Å². The predicted octanol–water partition coefficient (Wildman–Crippen LogP) is 1.47. The van der Waals surface area contributed by atoms with Crippen LogP contribution in [0.1, 0.15) is 11.1 Å². The summed E-state index contributed by atoms with van der Waals surface area (Å²) < 4.78 is 12.7. The summed E-state index contributed by atoms with van der Waals surface area (Å²) in [6.45, 7) is 0.950. The molecule has 96 valence electrons. The van der Waals surface area contributed by atoms with Crippen molar-refractivity contribution >= 4 is 0 Å². The van der Waals surface area contributed by atoms with Crippen LogP contribution in [0.4, 0.5) is 0 Å². The molecule has 0 aliphatic rings. The third kappa shape index (κ3) is 2.81. The zero-order chi connectivity index (χ0) is 13.0. The molecule has 0 aliphatic heterocycles. The van der Waals surface area contributed by atoms with E-state index in [0.29, 0.717) is 24.7 Å². The average molecular weight is 247 g/mol. The Kier molecular flexibility index (Phi) is 3.84. The number of nitrogens with two attached hydrogens (primary N) is 1.